The highest BCUT2D eigenvalue weighted by Crippen LogP contribution is 2.40. The van der Waals surface area contributed by atoms with Crippen molar-refractivity contribution in [1.29, 1.82) is 0 Å². The Kier molecular flexibility index (Phi) is 5.45. The van der Waals surface area contributed by atoms with E-state index in [0.717, 1.165) is 38.0 Å². The zero-order valence-corrected chi connectivity index (χ0v) is 15.2. The minimum Gasteiger partial charge on any atom is -0.508 e. The predicted octanol–water partition coefficient (Wildman–Crippen LogP) is 4.12. The Hall–Kier alpha value is -1.84. The standard InChI is InChI=1S/C22H29NO2/c1-17-16-23(13-11-21(25)18-7-4-3-5-8-18)14-12-22(17,2)19-9-6-10-20(24)15-19/h3-10,15,17,21,24-25H,11-14,16H2,1-2H3/t17-,21-,22-/m0/s1. The zero-order chi connectivity index (χ0) is 17.9. The normalized spacial score (nSPS) is 25.6. The van der Waals surface area contributed by atoms with Gasteiger partial charge in [0.05, 0.1) is 6.10 Å². The largest absolute Gasteiger partial charge is 0.508 e. The zero-order valence-electron chi connectivity index (χ0n) is 15.2. The average molecular weight is 339 g/mol. The van der Waals surface area contributed by atoms with E-state index in [1.165, 1.54) is 5.56 Å². The molecule has 1 heterocycles. The van der Waals surface area contributed by atoms with E-state index in [2.05, 4.69) is 24.8 Å². The van der Waals surface area contributed by atoms with Gasteiger partial charge in [-0.1, -0.05) is 56.3 Å². The van der Waals surface area contributed by atoms with Crippen molar-refractivity contribution in [3.8, 4) is 5.75 Å². The fourth-order valence-electron chi connectivity index (χ4n) is 3.96. The first-order valence-corrected chi connectivity index (χ1v) is 9.24. The molecule has 1 aliphatic rings. The number of likely N-dealkylation sites (tertiary alicyclic amines) is 1. The van der Waals surface area contributed by atoms with E-state index < -0.39 is 6.10 Å². The van der Waals surface area contributed by atoms with E-state index in [0.29, 0.717) is 11.7 Å². The van der Waals surface area contributed by atoms with Crippen LogP contribution in [0.4, 0.5) is 0 Å². The highest BCUT2D eigenvalue weighted by atomic mass is 16.3. The number of aliphatic hydroxyl groups is 1. The maximum atomic E-state index is 10.4. The van der Waals surface area contributed by atoms with Crippen molar-refractivity contribution >= 4 is 0 Å². The van der Waals surface area contributed by atoms with E-state index in [1.54, 1.807) is 6.07 Å². The van der Waals surface area contributed by atoms with E-state index >= 15 is 0 Å². The molecule has 0 radical (unpaired) electrons. The highest BCUT2D eigenvalue weighted by molar-refractivity contribution is 5.33. The van der Waals surface area contributed by atoms with E-state index in [-0.39, 0.29) is 5.41 Å². The van der Waals surface area contributed by atoms with Gasteiger partial charge in [0.2, 0.25) is 0 Å². The summed E-state index contributed by atoms with van der Waals surface area (Å²) < 4.78 is 0. The number of hydrogen-bond acceptors (Lipinski definition) is 3. The molecular weight excluding hydrogens is 310 g/mol. The molecule has 0 amide bonds. The Balaban J connectivity index is 1.58. The second-order valence-corrected chi connectivity index (χ2v) is 7.63. The van der Waals surface area contributed by atoms with E-state index in [9.17, 15) is 10.2 Å². The molecule has 0 unspecified atom stereocenters. The van der Waals surface area contributed by atoms with Crippen LogP contribution in [0.15, 0.2) is 54.6 Å². The van der Waals surface area contributed by atoms with Crippen molar-refractivity contribution in [3.63, 3.8) is 0 Å². The summed E-state index contributed by atoms with van der Waals surface area (Å²) in [6.45, 7) is 7.56. The maximum absolute atomic E-state index is 10.4. The van der Waals surface area contributed by atoms with Crippen LogP contribution in [0.2, 0.25) is 0 Å². The SMILES string of the molecule is C[C@H]1CN(CC[C@H](O)c2ccccc2)CC[C@]1(C)c1cccc(O)c1. The number of rotatable bonds is 5. The van der Waals surface area contributed by atoms with Gasteiger partial charge in [0.25, 0.3) is 0 Å². The first kappa shape index (κ1) is 18.0. The summed E-state index contributed by atoms with van der Waals surface area (Å²) in [5, 5.41) is 20.2. The molecule has 134 valence electrons. The van der Waals surface area contributed by atoms with Gasteiger partial charge in [-0.05, 0) is 54.0 Å². The molecule has 0 aromatic heterocycles. The van der Waals surface area contributed by atoms with Crippen LogP contribution >= 0.6 is 0 Å². The summed E-state index contributed by atoms with van der Waals surface area (Å²) in [4.78, 5) is 2.46. The predicted molar refractivity (Wildman–Crippen MR) is 102 cm³/mol. The molecule has 0 bridgehead atoms. The van der Waals surface area contributed by atoms with Gasteiger partial charge in [0.15, 0.2) is 0 Å². The Morgan fingerprint density at radius 1 is 1.16 bits per heavy atom. The summed E-state index contributed by atoms with van der Waals surface area (Å²) in [5.41, 5.74) is 2.31. The Bertz CT molecular complexity index is 687. The lowest BCUT2D eigenvalue weighted by Crippen LogP contribution is -2.47. The summed E-state index contributed by atoms with van der Waals surface area (Å²) in [6.07, 6.45) is 1.44. The fourth-order valence-corrected chi connectivity index (χ4v) is 3.96. The van der Waals surface area contributed by atoms with Crippen molar-refractivity contribution < 1.29 is 10.2 Å². The smallest absolute Gasteiger partial charge is 0.115 e. The van der Waals surface area contributed by atoms with Gasteiger partial charge in [0.1, 0.15) is 5.75 Å². The lowest BCUT2D eigenvalue weighted by atomic mass is 9.68. The highest BCUT2D eigenvalue weighted by Gasteiger charge is 2.38. The average Bonchev–Trinajstić information content (AvgIpc) is 2.63. The molecule has 3 atom stereocenters. The molecule has 0 aliphatic carbocycles. The Labute approximate surface area is 150 Å². The molecule has 2 aromatic rings. The first-order chi connectivity index (χ1) is 12.0. The van der Waals surface area contributed by atoms with Crippen LogP contribution in [0.3, 0.4) is 0 Å². The van der Waals surface area contributed by atoms with Crippen LogP contribution in [-0.2, 0) is 5.41 Å². The van der Waals surface area contributed by atoms with Gasteiger partial charge in [-0.15, -0.1) is 0 Å². The maximum Gasteiger partial charge on any atom is 0.115 e. The van der Waals surface area contributed by atoms with Gasteiger partial charge < -0.3 is 15.1 Å². The third kappa shape index (κ3) is 4.05. The molecule has 2 aromatic carbocycles. The molecule has 3 rings (SSSR count). The van der Waals surface area contributed by atoms with E-state index in [4.69, 9.17) is 0 Å². The molecule has 1 saturated heterocycles. The van der Waals surface area contributed by atoms with Crippen LogP contribution in [0.25, 0.3) is 0 Å². The number of benzene rings is 2. The quantitative estimate of drug-likeness (QED) is 0.861. The van der Waals surface area contributed by atoms with Gasteiger partial charge >= 0.3 is 0 Å². The third-order valence-electron chi connectivity index (χ3n) is 5.98. The lowest BCUT2D eigenvalue weighted by Gasteiger charge is -2.45. The Morgan fingerprint density at radius 2 is 1.92 bits per heavy atom. The van der Waals surface area contributed by atoms with Crippen molar-refractivity contribution in [2.45, 2.75) is 38.2 Å². The van der Waals surface area contributed by atoms with Crippen LogP contribution in [-0.4, -0.2) is 34.7 Å². The summed E-state index contributed by atoms with van der Waals surface area (Å²) in [7, 11) is 0. The molecule has 1 aliphatic heterocycles. The number of hydrogen-bond donors (Lipinski definition) is 2. The number of piperidine rings is 1. The molecule has 3 heteroatoms. The monoisotopic (exact) mass is 339 g/mol. The summed E-state index contributed by atoms with van der Waals surface area (Å²) in [6, 6.07) is 17.6. The van der Waals surface area contributed by atoms with Crippen molar-refractivity contribution in [1.82, 2.24) is 4.90 Å². The van der Waals surface area contributed by atoms with Gasteiger partial charge in [-0.25, -0.2) is 0 Å². The lowest BCUT2D eigenvalue weighted by molar-refractivity contribution is 0.0868. The van der Waals surface area contributed by atoms with E-state index in [1.807, 2.05) is 42.5 Å². The molecular formula is C22H29NO2. The molecule has 1 fully saturated rings. The van der Waals surface area contributed by atoms with Crippen molar-refractivity contribution in [3.05, 3.63) is 65.7 Å². The minimum atomic E-state index is -0.393. The van der Waals surface area contributed by atoms with Crippen LogP contribution in [0.1, 0.15) is 43.9 Å². The molecule has 0 spiro atoms. The number of aliphatic hydroxyl groups excluding tert-OH is 1. The Morgan fingerprint density at radius 3 is 2.60 bits per heavy atom. The minimum absolute atomic E-state index is 0.0906. The fraction of sp³-hybridized carbons (Fsp3) is 0.455. The van der Waals surface area contributed by atoms with Crippen LogP contribution in [0, 0.1) is 5.92 Å². The number of phenols is 1. The van der Waals surface area contributed by atoms with Crippen molar-refractivity contribution in [2.24, 2.45) is 5.92 Å². The van der Waals surface area contributed by atoms with Crippen LogP contribution in [0.5, 0.6) is 5.75 Å². The first-order valence-electron chi connectivity index (χ1n) is 9.24. The molecule has 2 N–H and O–H groups in total. The van der Waals surface area contributed by atoms with Crippen LogP contribution < -0.4 is 0 Å². The summed E-state index contributed by atoms with van der Waals surface area (Å²) >= 11 is 0. The third-order valence-corrected chi connectivity index (χ3v) is 5.98. The molecule has 3 nitrogen and oxygen atoms in total. The molecule has 0 saturated carbocycles. The number of phenolic OH excluding ortho intramolecular Hbond substituents is 1. The second kappa shape index (κ2) is 7.59. The molecule has 25 heavy (non-hydrogen) atoms. The van der Waals surface area contributed by atoms with Gasteiger partial charge in [0, 0.05) is 13.1 Å². The van der Waals surface area contributed by atoms with Gasteiger partial charge in [-0.2, -0.15) is 0 Å². The number of nitrogens with zero attached hydrogens (tertiary/aromatic N) is 1. The summed E-state index contributed by atoms with van der Waals surface area (Å²) in [5.74, 6) is 0.844. The number of aromatic hydroxyl groups is 1. The second-order valence-electron chi connectivity index (χ2n) is 7.63. The van der Waals surface area contributed by atoms with Crippen molar-refractivity contribution in [2.75, 3.05) is 19.6 Å². The van der Waals surface area contributed by atoms with Gasteiger partial charge in [-0.3, -0.25) is 0 Å². The topological polar surface area (TPSA) is 43.7 Å².